The first-order valence-corrected chi connectivity index (χ1v) is 8.05. The average molecular weight is 290 g/mol. The highest BCUT2D eigenvalue weighted by Gasteiger charge is 2.22. The molecule has 0 bridgehead atoms. The van der Waals surface area contributed by atoms with Crippen LogP contribution in [-0.2, 0) is 0 Å². The van der Waals surface area contributed by atoms with Gasteiger partial charge in [0.05, 0.1) is 12.3 Å². The van der Waals surface area contributed by atoms with Gasteiger partial charge < -0.3 is 20.3 Å². The van der Waals surface area contributed by atoms with Gasteiger partial charge in [0.15, 0.2) is 0 Å². The van der Waals surface area contributed by atoms with Crippen molar-refractivity contribution >= 4 is 11.5 Å². The smallest absolute Gasteiger partial charge is 0.239 e. The zero-order valence-electron chi connectivity index (χ0n) is 12.9. The summed E-state index contributed by atoms with van der Waals surface area (Å²) in [5.41, 5.74) is 6.59. The van der Waals surface area contributed by atoms with E-state index in [1.54, 1.807) is 0 Å². The van der Waals surface area contributed by atoms with Gasteiger partial charge in [-0.25, -0.2) is 0 Å². The largest absolute Gasteiger partial charge is 0.476 e. The summed E-state index contributed by atoms with van der Waals surface area (Å²) in [5, 5.41) is 0. The number of hydrogen-bond donors (Lipinski definition) is 1. The van der Waals surface area contributed by atoms with Crippen LogP contribution in [0.2, 0.25) is 0 Å². The number of nitrogens with two attached hydrogens (primary N) is 1. The molecule has 116 valence electrons. The number of ether oxygens (including phenoxy) is 1. The van der Waals surface area contributed by atoms with Gasteiger partial charge in [-0.15, -0.1) is 0 Å². The molecule has 2 heterocycles. The first-order chi connectivity index (χ1) is 10.2. The molecule has 1 aromatic rings. The number of nitrogen functional groups attached to an aromatic ring is 1. The van der Waals surface area contributed by atoms with E-state index in [0.29, 0.717) is 17.5 Å². The van der Waals surface area contributed by atoms with Gasteiger partial charge >= 0.3 is 0 Å². The van der Waals surface area contributed by atoms with Crippen molar-refractivity contribution in [2.45, 2.75) is 25.7 Å². The van der Waals surface area contributed by atoms with Crippen molar-refractivity contribution in [2.24, 2.45) is 5.92 Å². The fraction of sp³-hybridized carbons (Fsp3) is 0.688. The van der Waals surface area contributed by atoms with Crippen LogP contribution in [-0.4, -0.2) is 49.7 Å². The van der Waals surface area contributed by atoms with Crippen LogP contribution in [0.4, 0.5) is 11.5 Å². The maximum absolute atomic E-state index is 5.96. The Morgan fingerprint density at radius 2 is 2.10 bits per heavy atom. The zero-order chi connectivity index (χ0) is 14.7. The van der Waals surface area contributed by atoms with Gasteiger partial charge in [0.25, 0.3) is 0 Å². The molecule has 0 atom stereocenters. The molecule has 2 aliphatic rings. The number of nitrogens with zero attached hydrogens (tertiary/aromatic N) is 3. The van der Waals surface area contributed by atoms with E-state index in [4.69, 9.17) is 10.5 Å². The lowest BCUT2D eigenvalue weighted by molar-refractivity contribution is 0.290. The molecule has 1 saturated carbocycles. The van der Waals surface area contributed by atoms with Crippen molar-refractivity contribution in [3.05, 3.63) is 12.1 Å². The normalized spacial score (nSPS) is 18.9. The van der Waals surface area contributed by atoms with Crippen LogP contribution < -0.4 is 15.4 Å². The number of anilines is 2. The molecule has 1 aliphatic carbocycles. The Labute approximate surface area is 127 Å². The number of rotatable bonds is 7. The van der Waals surface area contributed by atoms with Crippen molar-refractivity contribution in [3.63, 3.8) is 0 Å². The molecule has 0 unspecified atom stereocenters. The van der Waals surface area contributed by atoms with Crippen molar-refractivity contribution in [2.75, 3.05) is 50.5 Å². The van der Waals surface area contributed by atoms with E-state index in [0.717, 1.165) is 25.5 Å². The molecule has 2 N–H and O–H groups in total. The van der Waals surface area contributed by atoms with E-state index in [9.17, 15) is 0 Å². The predicted octanol–water partition coefficient (Wildman–Crippen LogP) is 1.98. The quantitative estimate of drug-likeness (QED) is 0.832. The van der Waals surface area contributed by atoms with Crippen LogP contribution in [0.15, 0.2) is 12.1 Å². The van der Waals surface area contributed by atoms with E-state index >= 15 is 0 Å². The summed E-state index contributed by atoms with van der Waals surface area (Å²) in [4.78, 5) is 9.27. The van der Waals surface area contributed by atoms with Crippen molar-refractivity contribution in [1.29, 1.82) is 0 Å². The number of aromatic nitrogens is 1. The molecular weight excluding hydrogens is 264 g/mol. The van der Waals surface area contributed by atoms with Crippen LogP contribution in [0.3, 0.4) is 0 Å². The van der Waals surface area contributed by atoms with Gasteiger partial charge in [0, 0.05) is 20.1 Å². The topological polar surface area (TPSA) is 54.6 Å². The Bertz CT molecular complexity index is 469. The lowest BCUT2D eigenvalue weighted by Crippen LogP contribution is -2.31. The summed E-state index contributed by atoms with van der Waals surface area (Å²) in [6.07, 6.45) is 5.22. The molecule has 2 fully saturated rings. The molecule has 1 aliphatic heterocycles. The van der Waals surface area contributed by atoms with Crippen LogP contribution in [0.5, 0.6) is 5.88 Å². The lowest BCUT2D eigenvalue weighted by Gasteiger charge is -2.23. The minimum absolute atomic E-state index is 0.590. The van der Waals surface area contributed by atoms with Crippen molar-refractivity contribution < 1.29 is 4.74 Å². The first kappa shape index (κ1) is 14.4. The highest BCUT2D eigenvalue weighted by molar-refractivity contribution is 5.54. The number of likely N-dealkylation sites (tertiary alicyclic amines) is 1. The molecule has 5 heteroatoms. The second kappa shape index (κ2) is 6.52. The molecule has 0 spiro atoms. The molecule has 21 heavy (non-hydrogen) atoms. The second-order valence-electron chi connectivity index (χ2n) is 6.29. The molecule has 3 rings (SSSR count). The van der Waals surface area contributed by atoms with E-state index in [1.807, 2.05) is 12.1 Å². The van der Waals surface area contributed by atoms with Gasteiger partial charge in [-0.05, 0) is 56.8 Å². The Morgan fingerprint density at radius 1 is 1.33 bits per heavy atom. The van der Waals surface area contributed by atoms with E-state index in [1.165, 1.54) is 38.8 Å². The molecule has 1 aromatic heterocycles. The van der Waals surface area contributed by atoms with Crippen LogP contribution in [0.25, 0.3) is 0 Å². The number of pyridine rings is 1. The minimum Gasteiger partial charge on any atom is -0.476 e. The molecular formula is C16H26N4O. The number of likely N-dealkylation sites (N-methyl/N-ethyl adjacent to an activating group) is 1. The number of hydrogen-bond acceptors (Lipinski definition) is 5. The Hall–Kier alpha value is -1.49. The van der Waals surface area contributed by atoms with Gasteiger partial charge in [-0.1, -0.05) is 0 Å². The predicted molar refractivity (Wildman–Crippen MR) is 85.8 cm³/mol. The molecule has 1 saturated heterocycles. The van der Waals surface area contributed by atoms with Crippen LogP contribution in [0.1, 0.15) is 25.7 Å². The first-order valence-electron chi connectivity index (χ1n) is 8.05. The summed E-state index contributed by atoms with van der Waals surface area (Å²) in [6.45, 7) is 5.30. The molecule has 5 nitrogen and oxygen atoms in total. The Balaban J connectivity index is 1.56. The highest BCUT2D eigenvalue weighted by atomic mass is 16.5. The third kappa shape index (κ3) is 4.00. The standard InChI is InChI=1S/C16H26N4O/c1-19(10-11-20-8-2-3-9-20)15-7-6-14(17)16(18-15)21-12-13-4-5-13/h6-7,13H,2-5,8-12,17H2,1H3. The fourth-order valence-corrected chi connectivity index (χ4v) is 2.66. The second-order valence-corrected chi connectivity index (χ2v) is 6.29. The summed E-state index contributed by atoms with van der Waals surface area (Å²) in [5.74, 6) is 2.24. The van der Waals surface area contributed by atoms with E-state index in [-0.39, 0.29) is 0 Å². The average Bonchev–Trinajstić information content (AvgIpc) is 3.17. The SMILES string of the molecule is CN(CCN1CCCC1)c1ccc(N)c(OCC2CC2)n1. The van der Waals surface area contributed by atoms with E-state index in [2.05, 4.69) is 21.8 Å². The summed E-state index contributed by atoms with van der Waals surface area (Å²) in [7, 11) is 2.08. The Kier molecular flexibility index (Phi) is 4.48. The van der Waals surface area contributed by atoms with Crippen molar-refractivity contribution in [3.8, 4) is 5.88 Å². The Morgan fingerprint density at radius 3 is 2.81 bits per heavy atom. The monoisotopic (exact) mass is 290 g/mol. The minimum atomic E-state index is 0.590. The summed E-state index contributed by atoms with van der Waals surface area (Å²) in [6, 6.07) is 3.88. The zero-order valence-corrected chi connectivity index (χ0v) is 12.9. The van der Waals surface area contributed by atoms with Gasteiger partial charge in [0.2, 0.25) is 5.88 Å². The third-order valence-electron chi connectivity index (χ3n) is 4.37. The third-order valence-corrected chi connectivity index (χ3v) is 4.37. The van der Waals surface area contributed by atoms with Gasteiger partial charge in [-0.3, -0.25) is 0 Å². The maximum Gasteiger partial charge on any atom is 0.239 e. The maximum atomic E-state index is 5.96. The van der Waals surface area contributed by atoms with Crippen LogP contribution in [0, 0.1) is 5.92 Å². The van der Waals surface area contributed by atoms with E-state index < -0.39 is 0 Å². The van der Waals surface area contributed by atoms with Crippen LogP contribution >= 0.6 is 0 Å². The summed E-state index contributed by atoms with van der Waals surface area (Å²) >= 11 is 0. The van der Waals surface area contributed by atoms with Crippen molar-refractivity contribution in [1.82, 2.24) is 9.88 Å². The van der Waals surface area contributed by atoms with Gasteiger partial charge in [-0.2, -0.15) is 4.98 Å². The molecule has 0 aromatic carbocycles. The molecule has 0 radical (unpaired) electrons. The highest BCUT2D eigenvalue weighted by Crippen LogP contribution is 2.31. The lowest BCUT2D eigenvalue weighted by atomic mass is 10.3. The molecule has 0 amide bonds. The fourth-order valence-electron chi connectivity index (χ4n) is 2.66. The summed E-state index contributed by atoms with van der Waals surface area (Å²) < 4.78 is 5.76. The van der Waals surface area contributed by atoms with Gasteiger partial charge in [0.1, 0.15) is 5.82 Å².